The van der Waals surface area contributed by atoms with Crippen molar-refractivity contribution in [3.63, 3.8) is 0 Å². The first-order valence-electron chi connectivity index (χ1n) is 9.99. The van der Waals surface area contributed by atoms with E-state index in [0.29, 0.717) is 15.9 Å². The molecule has 0 aromatic heterocycles. The molecule has 1 unspecified atom stereocenters. The summed E-state index contributed by atoms with van der Waals surface area (Å²) < 4.78 is 34.1. The second kappa shape index (κ2) is 10.2. The Kier molecular flexibility index (Phi) is 7.58. The fraction of sp³-hybridized carbons (Fsp3) is 0.208. The molecule has 0 heterocycles. The van der Waals surface area contributed by atoms with Gasteiger partial charge in [-0.3, -0.25) is 9.10 Å². The highest BCUT2D eigenvalue weighted by molar-refractivity contribution is 9.10. The second-order valence-electron chi connectivity index (χ2n) is 7.34. The molecule has 0 spiro atoms. The van der Waals surface area contributed by atoms with Crippen LogP contribution in [0.4, 0.5) is 5.69 Å². The van der Waals surface area contributed by atoms with Crippen molar-refractivity contribution >= 4 is 37.5 Å². The van der Waals surface area contributed by atoms with Crippen LogP contribution in [0.3, 0.4) is 0 Å². The number of aryl methyl sites for hydroxylation is 1. The van der Waals surface area contributed by atoms with Gasteiger partial charge < -0.3 is 10.1 Å². The molecule has 3 rings (SSSR count). The molecule has 0 aliphatic rings. The number of hydrogen-bond acceptors (Lipinski definition) is 4. The minimum absolute atomic E-state index is 0.119. The maximum atomic E-state index is 13.5. The third kappa shape index (κ3) is 5.49. The number of para-hydroxylation sites is 1. The number of anilines is 1. The summed E-state index contributed by atoms with van der Waals surface area (Å²) in [4.78, 5) is 13.1. The molecule has 0 bridgehead atoms. The van der Waals surface area contributed by atoms with E-state index in [4.69, 9.17) is 4.74 Å². The highest BCUT2D eigenvalue weighted by atomic mass is 79.9. The molecule has 1 amide bonds. The van der Waals surface area contributed by atoms with Gasteiger partial charge in [-0.25, -0.2) is 8.42 Å². The molecule has 8 heteroatoms. The number of benzene rings is 3. The van der Waals surface area contributed by atoms with Crippen LogP contribution < -0.4 is 14.4 Å². The lowest BCUT2D eigenvalue weighted by molar-refractivity contribution is -0.120. The van der Waals surface area contributed by atoms with Crippen LogP contribution in [-0.2, 0) is 14.8 Å². The number of hydrogen-bond donors (Lipinski definition) is 1. The Hall–Kier alpha value is -2.84. The van der Waals surface area contributed by atoms with Gasteiger partial charge in [-0.1, -0.05) is 57.9 Å². The van der Waals surface area contributed by atoms with Crippen molar-refractivity contribution < 1.29 is 17.9 Å². The van der Waals surface area contributed by atoms with E-state index in [1.165, 1.54) is 0 Å². The topological polar surface area (TPSA) is 75.7 Å². The monoisotopic (exact) mass is 516 g/mol. The third-order valence-electron chi connectivity index (χ3n) is 4.98. The quantitative estimate of drug-likeness (QED) is 0.464. The van der Waals surface area contributed by atoms with Crippen molar-refractivity contribution in [2.24, 2.45) is 0 Å². The summed E-state index contributed by atoms with van der Waals surface area (Å²) in [6.07, 6.45) is 0. The first-order chi connectivity index (χ1) is 15.2. The molecule has 6 nitrogen and oxygen atoms in total. The lowest BCUT2D eigenvalue weighted by Crippen LogP contribution is -2.41. The molecule has 0 radical (unpaired) electrons. The molecule has 3 aromatic rings. The Bertz CT molecular complexity index is 1200. The zero-order valence-corrected chi connectivity index (χ0v) is 20.5. The molecule has 3 aromatic carbocycles. The lowest BCUT2D eigenvalue weighted by atomic mass is 10.1. The number of amides is 1. The molecular weight excluding hydrogens is 492 g/mol. The van der Waals surface area contributed by atoms with E-state index >= 15 is 0 Å². The van der Waals surface area contributed by atoms with Gasteiger partial charge >= 0.3 is 0 Å². The van der Waals surface area contributed by atoms with Crippen LogP contribution in [0, 0.1) is 6.92 Å². The number of nitrogens with zero attached hydrogens (tertiary/aromatic N) is 1. The van der Waals surface area contributed by atoms with Gasteiger partial charge in [0.2, 0.25) is 5.91 Å². The summed E-state index contributed by atoms with van der Waals surface area (Å²) in [7, 11) is -2.40. The Morgan fingerprint density at radius 3 is 2.41 bits per heavy atom. The van der Waals surface area contributed by atoms with Crippen LogP contribution in [0.25, 0.3) is 0 Å². The number of nitrogens with one attached hydrogen (secondary N) is 1. The molecule has 1 atom stereocenters. The van der Waals surface area contributed by atoms with E-state index in [2.05, 4.69) is 21.2 Å². The van der Waals surface area contributed by atoms with Crippen molar-refractivity contribution in [3.05, 3.63) is 88.4 Å². The van der Waals surface area contributed by atoms with Crippen molar-refractivity contribution in [1.82, 2.24) is 5.32 Å². The Balaban J connectivity index is 1.90. The van der Waals surface area contributed by atoms with E-state index in [1.54, 1.807) is 55.6 Å². The summed E-state index contributed by atoms with van der Waals surface area (Å²) in [5.41, 5.74) is 2.14. The second-order valence-corrected chi connectivity index (χ2v) is 10.1. The predicted molar refractivity (Wildman–Crippen MR) is 129 cm³/mol. The van der Waals surface area contributed by atoms with E-state index in [9.17, 15) is 13.2 Å². The number of ether oxygens (including phenoxy) is 1. The van der Waals surface area contributed by atoms with Gasteiger partial charge in [-0.05, 0) is 50.2 Å². The van der Waals surface area contributed by atoms with Gasteiger partial charge in [-0.15, -0.1) is 0 Å². The smallest absolute Gasteiger partial charge is 0.264 e. The maximum absolute atomic E-state index is 13.5. The van der Waals surface area contributed by atoms with Gasteiger partial charge in [0.25, 0.3) is 10.0 Å². The van der Waals surface area contributed by atoms with Crippen LogP contribution in [0.1, 0.15) is 24.1 Å². The van der Waals surface area contributed by atoms with Crippen LogP contribution in [0.5, 0.6) is 5.75 Å². The zero-order valence-electron chi connectivity index (χ0n) is 18.1. The van der Waals surface area contributed by atoms with Crippen LogP contribution >= 0.6 is 15.9 Å². The molecule has 32 heavy (non-hydrogen) atoms. The van der Waals surface area contributed by atoms with Crippen molar-refractivity contribution in [3.8, 4) is 5.75 Å². The average molecular weight is 517 g/mol. The average Bonchev–Trinajstić information content (AvgIpc) is 2.77. The number of halogens is 1. The first-order valence-corrected chi connectivity index (χ1v) is 12.2. The predicted octanol–water partition coefficient (Wildman–Crippen LogP) is 4.84. The van der Waals surface area contributed by atoms with E-state index in [0.717, 1.165) is 15.4 Å². The Morgan fingerprint density at radius 1 is 1.06 bits per heavy atom. The molecule has 0 saturated carbocycles. The van der Waals surface area contributed by atoms with Crippen molar-refractivity contribution in [2.75, 3.05) is 18.0 Å². The third-order valence-corrected chi connectivity index (χ3v) is 7.26. The summed E-state index contributed by atoms with van der Waals surface area (Å²) in [6.45, 7) is 3.34. The normalized spacial score (nSPS) is 12.1. The van der Waals surface area contributed by atoms with Crippen LogP contribution in [0.2, 0.25) is 0 Å². The standard InChI is InChI=1S/C24H25BrN2O4S/c1-17-11-13-21(14-12-17)32(29,30)27(20-8-6-7-19(25)15-20)16-24(28)26-18(2)22-9-4-5-10-23(22)31-3/h4-15,18H,16H2,1-3H3,(H,26,28). The minimum atomic E-state index is -3.97. The van der Waals surface area contributed by atoms with E-state index < -0.39 is 15.9 Å². The molecular formula is C24H25BrN2O4S. The van der Waals surface area contributed by atoms with Gasteiger partial charge in [0, 0.05) is 10.0 Å². The summed E-state index contributed by atoms with van der Waals surface area (Å²) in [6, 6.07) is 20.4. The van der Waals surface area contributed by atoms with Gasteiger partial charge in [0.15, 0.2) is 0 Å². The number of carbonyl (C=O) groups excluding carboxylic acids is 1. The van der Waals surface area contributed by atoms with Crippen LogP contribution in [0.15, 0.2) is 82.2 Å². The highest BCUT2D eigenvalue weighted by Gasteiger charge is 2.28. The fourth-order valence-electron chi connectivity index (χ4n) is 3.30. The SMILES string of the molecule is COc1ccccc1C(C)NC(=O)CN(c1cccc(Br)c1)S(=O)(=O)c1ccc(C)cc1. The molecule has 1 N–H and O–H groups in total. The molecule has 0 aliphatic carbocycles. The summed E-state index contributed by atoms with van der Waals surface area (Å²) >= 11 is 3.38. The largest absolute Gasteiger partial charge is 0.496 e. The van der Waals surface area contributed by atoms with Gasteiger partial charge in [-0.2, -0.15) is 0 Å². The number of rotatable bonds is 8. The lowest BCUT2D eigenvalue weighted by Gasteiger charge is -2.25. The minimum Gasteiger partial charge on any atom is -0.496 e. The van der Waals surface area contributed by atoms with Crippen LogP contribution in [-0.4, -0.2) is 28.0 Å². The summed E-state index contributed by atoms with van der Waals surface area (Å²) in [5.74, 6) is 0.218. The highest BCUT2D eigenvalue weighted by Crippen LogP contribution is 2.27. The molecule has 0 aliphatic heterocycles. The number of methoxy groups -OCH3 is 1. The Morgan fingerprint density at radius 2 is 1.75 bits per heavy atom. The van der Waals surface area contributed by atoms with E-state index in [-0.39, 0.29) is 17.5 Å². The molecule has 0 fully saturated rings. The fourth-order valence-corrected chi connectivity index (χ4v) is 5.10. The Labute approximate surface area is 197 Å². The molecule has 168 valence electrons. The first kappa shape index (κ1) is 23.8. The molecule has 0 saturated heterocycles. The summed E-state index contributed by atoms with van der Waals surface area (Å²) in [5, 5.41) is 2.88. The van der Waals surface area contributed by atoms with E-state index in [1.807, 2.05) is 38.1 Å². The van der Waals surface area contributed by atoms with Crippen molar-refractivity contribution in [2.45, 2.75) is 24.8 Å². The van der Waals surface area contributed by atoms with Gasteiger partial charge in [0.1, 0.15) is 12.3 Å². The maximum Gasteiger partial charge on any atom is 0.264 e. The number of sulfonamides is 1. The number of carbonyl (C=O) groups is 1. The van der Waals surface area contributed by atoms with Crippen molar-refractivity contribution in [1.29, 1.82) is 0 Å². The zero-order chi connectivity index (χ0) is 23.3. The van der Waals surface area contributed by atoms with Gasteiger partial charge in [0.05, 0.1) is 23.7 Å².